The van der Waals surface area contributed by atoms with Crippen molar-refractivity contribution in [3.63, 3.8) is 0 Å². The summed E-state index contributed by atoms with van der Waals surface area (Å²) in [6.45, 7) is 5.26. The van der Waals surface area contributed by atoms with Gasteiger partial charge in [-0.1, -0.05) is 12.1 Å². The number of amides is 1. The SMILES string of the molecule is Cc1cccc(NC(=O)CN(C)c2ccc(S(=O)(=O)N3CCCC3)c[nH+]2)c1C. The first-order valence-electron chi connectivity index (χ1n) is 9.38. The lowest BCUT2D eigenvalue weighted by atomic mass is 10.1. The monoisotopic (exact) mass is 403 g/mol. The summed E-state index contributed by atoms with van der Waals surface area (Å²) in [6, 6.07) is 9.07. The van der Waals surface area contributed by atoms with Crippen molar-refractivity contribution < 1.29 is 18.2 Å². The molecule has 2 N–H and O–H groups in total. The van der Waals surface area contributed by atoms with Crippen LogP contribution >= 0.6 is 0 Å². The minimum atomic E-state index is -3.45. The smallest absolute Gasteiger partial charge is 0.274 e. The maximum Gasteiger partial charge on any atom is 0.274 e. The van der Waals surface area contributed by atoms with Crippen LogP contribution in [0.25, 0.3) is 0 Å². The van der Waals surface area contributed by atoms with Crippen molar-refractivity contribution in [3.05, 3.63) is 47.7 Å². The van der Waals surface area contributed by atoms with Gasteiger partial charge in [0.25, 0.3) is 11.7 Å². The molecule has 1 fully saturated rings. The normalized spacial score (nSPS) is 14.8. The van der Waals surface area contributed by atoms with Crippen LogP contribution in [0.3, 0.4) is 0 Å². The zero-order chi connectivity index (χ0) is 20.3. The van der Waals surface area contributed by atoms with E-state index in [9.17, 15) is 13.2 Å². The van der Waals surface area contributed by atoms with Gasteiger partial charge < -0.3 is 5.32 Å². The number of hydrogen-bond donors (Lipinski definition) is 1. The van der Waals surface area contributed by atoms with Crippen LogP contribution in [0.15, 0.2) is 41.4 Å². The minimum Gasteiger partial charge on any atom is -0.322 e. The molecule has 3 rings (SSSR count). The number of nitrogens with one attached hydrogen (secondary N) is 2. The van der Waals surface area contributed by atoms with Gasteiger partial charge in [0.2, 0.25) is 10.0 Å². The van der Waals surface area contributed by atoms with Gasteiger partial charge in [-0.25, -0.2) is 13.4 Å². The molecular formula is C20H27N4O3S+. The van der Waals surface area contributed by atoms with Crippen LogP contribution in [0, 0.1) is 13.8 Å². The molecule has 0 atom stereocenters. The lowest BCUT2D eigenvalue weighted by Crippen LogP contribution is -2.34. The molecule has 150 valence electrons. The third-order valence-corrected chi connectivity index (χ3v) is 7.04. The fraction of sp³-hybridized carbons (Fsp3) is 0.400. The van der Waals surface area contributed by atoms with Crippen LogP contribution in [0.5, 0.6) is 0 Å². The molecule has 0 aliphatic carbocycles. The van der Waals surface area contributed by atoms with Crippen molar-refractivity contribution in [2.24, 2.45) is 0 Å². The third kappa shape index (κ3) is 4.34. The Morgan fingerprint density at radius 1 is 1.18 bits per heavy atom. The van der Waals surface area contributed by atoms with E-state index < -0.39 is 10.0 Å². The summed E-state index contributed by atoms with van der Waals surface area (Å²) < 4.78 is 26.7. The number of benzene rings is 1. The average molecular weight is 404 g/mol. The lowest BCUT2D eigenvalue weighted by Gasteiger charge is -2.16. The molecule has 2 aromatic rings. The quantitative estimate of drug-likeness (QED) is 0.799. The zero-order valence-corrected chi connectivity index (χ0v) is 17.3. The number of anilines is 2. The number of aromatic amines is 1. The maximum atomic E-state index is 12.6. The molecule has 7 nitrogen and oxygen atoms in total. The number of H-pyrrole nitrogens is 1. The molecule has 1 aromatic heterocycles. The number of pyridine rings is 1. The summed E-state index contributed by atoms with van der Waals surface area (Å²) >= 11 is 0. The van der Waals surface area contributed by atoms with Crippen LogP contribution in [-0.4, -0.2) is 45.3 Å². The van der Waals surface area contributed by atoms with Gasteiger partial charge in [0.05, 0.1) is 7.05 Å². The van der Waals surface area contributed by atoms with Gasteiger partial charge in [0.15, 0.2) is 6.54 Å². The number of nitrogens with zero attached hydrogens (tertiary/aromatic N) is 2. The van der Waals surface area contributed by atoms with Crippen LogP contribution in [0.1, 0.15) is 24.0 Å². The number of aryl methyl sites for hydroxylation is 1. The van der Waals surface area contributed by atoms with Gasteiger partial charge in [-0.05, 0) is 49.9 Å². The maximum absolute atomic E-state index is 12.6. The first-order valence-corrected chi connectivity index (χ1v) is 10.8. The van der Waals surface area contributed by atoms with Crippen molar-refractivity contribution in [1.82, 2.24) is 4.31 Å². The summed E-state index contributed by atoms with van der Waals surface area (Å²) in [7, 11) is -1.67. The third-order valence-electron chi connectivity index (χ3n) is 5.14. The highest BCUT2D eigenvalue weighted by atomic mass is 32.2. The van der Waals surface area contributed by atoms with Gasteiger partial charge in [0.1, 0.15) is 11.1 Å². The highest BCUT2D eigenvalue weighted by Gasteiger charge is 2.28. The van der Waals surface area contributed by atoms with Gasteiger partial charge in [0, 0.05) is 24.8 Å². The number of sulfonamides is 1. The van der Waals surface area contributed by atoms with Gasteiger partial charge >= 0.3 is 0 Å². The number of carbonyl (C=O) groups is 1. The second-order valence-electron chi connectivity index (χ2n) is 7.17. The van der Waals surface area contributed by atoms with E-state index in [-0.39, 0.29) is 17.3 Å². The van der Waals surface area contributed by atoms with Crippen molar-refractivity contribution in [3.8, 4) is 0 Å². The van der Waals surface area contributed by atoms with Crippen molar-refractivity contribution in [2.45, 2.75) is 31.6 Å². The highest BCUT2D eigenvalue weighted by Crippen LogP contribution is 2.21. The zero-order valence-electron chi connectivity index (χ0n) is 16.5. The molecule has 0 bridgehead atoms. The summed E-state index contributed by atoms with van der Waals surface area (Å²) in [5.74, 6) is 0.523. The Bertz CT molecular complexity index is 952. The largest absolute Gasteiger partial charge is 0.322 e. The molecular weight excluding hydrogens is 376 g/mol. The van der Waals surface area contributed by atoms with Crippen molar-refractivity contribution in [2.75, 3.05) is 36.9 Å². The second kappa shape index (κ2) is 8.28. The van der Waals surface area contributed by atoms with E-state index in [4.69, 9.17) is 0 Å². The standard InChI is InChI=1S/C20H26N4O3S/c1-15-7-6-8-18(16(15)2)22-20(25)14-23(3)19-10-9-17(13-21-19)28(26,27)24-11-4-5-12-24/h6-10,13H,4-5,11-12,14H2,1-3H3,(H,22,25)/p+1. The van der Waals surface area contributed by atoms with Crippen LogP contribution in [0.2, 0.25) is 0 Å². The Labute approximate surface area is 166 Å². The Morgan fingerprint density at radius 3 is 2.54 bits per heavy atom. The fourth-order valence-corrected chi connectivity index (χ4v) is 4.74. The van der Waals surface area contributed by atoms with E-state index in [1.54, 1.807) is 24.1 Å². The fourth-order valence-electron chi connectivity index (χ4n) is 3.25. The predicted molar refractivity (Wildman–Crippen MR) is 109 cm³/mol. The molecule has 0 spiro atoms. The van der Waals surface area contributed by atoms with Gasteiger partial charge in [-0.15, -0.1) is 0 Å². The van der Waals surface area contributed by atoms with Crippen molar-refractivity contribution >= 4 is 27.4 Å². The van der Waals surface area contributed by atoms with Crippen molar-refractivity contribution in [1.29, 1.82) is 0 Å². The van der Waals surface area contributed by atoms with Gasteiger partial charge in [-0.2, -0.15) is 4.31 Å². The number of aromatic nitrogens is 1. The number of carbonyl (C=O) groups excluding carboxylic acids is 1. The first-order chi connectivity index (χ1) is 13.3. The van der Waals surface area contributed by atoms with E-state index in [1.807, 2.05) is 32.0 Å². The summed E-state index contributed by atoms with van der Waals surface area (Å²) in [4.78, 5) is 17.4. The Balaban J connectivity index is 1.65. The van der Waals surface area contributed by atoms with E-state index in [2.05, 4.69) is 10.3 Å². The highest BCUT2D eigenvalue weighted by molar-refractivity contribution is 7.89. The molecule has 8 heteroatoms. The van der Waals surface area contributed by atoms with Crippen LogP contribution in [-0.2, 0) is 14.8 Å². The molecule has 1 aliphatic heterocycles. The van der Waals surface area contributed by atoms with Crippen LogP contribution in [0.4, 0.5) is 11.5 Å². The summed E-state index contributed by atoms with van der Waals surface area (Å²) in [5.41, 5.74) is 2.96. The molecule has 1 aliphatic rings. The molecule has 1 amide bonds. The molecule has 1 aromatic carbocycles. The van der Waals surface area contributed by atoms with E-state index in [1.165, 1.54) is 10.5 Å². The molecule has 0 unspecified atom stereocenters. The Morgan fingerprint density at radius 2 is 1.89 bits per heavy atom. The number of likely N-dealkylation sites (N-methyl/N-ethyl adjacent to an activating group) is 1. The van der Waals surface area contributed by atoms with Gasteiger partial charge in [-0.3, -0.25) is 9.69 Å². The predicted octanol–water partition coefficient (Wildman–Crippen LogP) is 1.98. The molecule has 0 radical (unpaired) electrons. The topological polar surface area (TPSA) is 83.9 Å². The summed E-state index contributed by atoms with van der Waals surface area (Å²) in [6.07, 6.45) is 3.29. The first kappa shape index (κ1) is 20.3. The minimum absolute atomic E-state index is 0.140. The number of rotatable bonds is 6. The lowest BCUT2D eigenvalue weighted by molar-refractivity contribution is -0.366. The molecule has 2 heterocycles. The van der Waals surface area contributed by atoms with E-state index in [0.717, 1.165) is 29.7 Å². The molecule has 1 saturated heterocycles. The van der Waals surface area contributed by atoms with E-state index in [0.29, 0.717) is 18.9 Å². The summed E-state index contributed by atoms with van der Waals surface area (Å²) in [5, 5.41) is 2.93. The van der Waals surface area contributed by atoms with Crippen LogP contribution < -0.4 is 15.2 Å². The Kier molecular flexibility index (Phi) is 6.00. The molecule has 28 heavy (non-hydrogen) atoms. The molecule has 0 saturated carbocycles. The average Bonchev–Trinajstić information content (AvgIpc) is 3.21. The van der Waals surface area contributed by atoms with E-state index >= 15 is 0 Å². The number of hydrogen-bond acceptors (Lipinski definition) is 4. The second-order valence-corrected chi connectivity index (χ2v) is 9.11. The Hall–Kier alpha value is -2.45.